The number of carbonyl (C=O) groups is 1. The second-order valence-corrected chi connectivity index (χ2v) is 5.88. The van der Waals surface area contributed by atoms with Gasteiger partial charge < -0.3 is 4.74 Å². The molecule has 4 heteroatoms. The summed E-state index contributed by atoms with van der Waals surface area (Å²) < 4.78 is 6.26. The molecule has 0 N–H and O–H groups in total. The minimum absolute atomic E-state index is 0.0912. The molecule has 0 saturated heterocycles. The minimum Gasteiger partial charge on any atom is -0.465 e. The third kappa shape index (κ3) is 2.32. The maximum Gasteiger partial charge on any atom is 0.316 e. The van der Waals surface area contributed by atoms with Crippen LogP contribution in [0.5, 0.6) is 0 Å². The monoisotopic (exact) mass is 364 g/mol. The Hall–Kier alpha value is -0.290. The summed E-state index contributed by atoms with van der Waals surface area (Å²) in [6, 6.07) is 5.70. The van der Waals surface area contributed by atoms with Gasteiger partial charge in [-0.05, 0) is 60.1 Å². The molecule has 0 aliphatic heterocycles. The zero-order valence-electron chi connectivity index (χ0n) is 9.63. The molecule has 1 aromatic rings. The summed E-state index contributed by atoms with van der Waals surface area (Å²) in [5.74, 6) is -0.0912. The number of halogens is 2. The number of hydrogen-bond acceptors (Lipinski definition) is 2. The van der Waals surface area contributed by atoms with E-state index in [9.17, 15) is 4.79 Å². The number of ether oxygens (including phenoxy) is 1. The molecule has 0 unspecified atom stereocenters. The molecule has 1 fully saturated rings. The van der Waals surface area contributed by atoms with Crippen molar-refractivity contribution in [2.75, 3.05) is 6.61 Å². The van der Waals surface area contributed by atoms with Gasteiger partial charge in [-0.1, -0.05) is 24.1 Å². The van der Waals surface area contributed by atoms with Crippen LogP contribution in [0.3, 0.4) is 0 Å². The van der Waals surface area contributed by atoms with Crippen LogP contribution in [0.25, 0.3) is 0 Å². The van der Waals surface area contributed by atoms with Crippen molar-refractivity contribution < 1.29 is 9.53 Å². The molecule has 1 aromatic carbocycles. The number of hydrogen-bond donors (Lipinski definition) is 0. The molecule has 92 valence electrons. The largest absolute Gasteiger partial charge is 0.465 e. The Morgan fingerprint density at radius 3 is 2.71 bits per heavy atom. The van der Waals surface area contributed by atoms with Crippen molar-refractivity contribution in [1.29, 1.82) is 0 Å². The summed E-state index contributed by atoms with van der Waals surface area (Å²) >= 11 is 8.19. The Morgan fingerprint density at radius 1 is 1.53 bits per heavy atom. The first kappa shape index (κ1) is 13.1. The van der Waals surface area contributed by atoms with Crippen LogP contribution in [0.1, 0.15) is 31.7 Å². The van der Waals surface area contributed by atoms with Gasteiger partial charge >= 0.3 is 5.97 Å². The Labute approximate surface area is 120 Å². The third-order valence-electron chi connectivity index (χ3n) is 3.32. The summed E-state index contributed by atoms with van der Waals surface area (Å²) in [4.78, 5) is 12.1. The Morgan fingerprint density at radius 2 is 2.24 bits per heavy atom. The molecule has 0 heterocycles. The van der Waals surface area contributed by atoms with Crippen molar-refractivity contribution in [3.63, 3.8) is 0 Å². The minimum atomic E-state index is -0.420. The molecule has 0 radical (unpaired) electrons. The maximum atomic E-state index is 12.1. The van der Waals surface area contributed by atoms with E-state index in [1.165, 1.54) is 0 Å². The number of benzene rings is 1. The van der Waals surface area contributed by atoms with Gasteiger partial charge in [0.05, 0.1) is 12.0 Å². The van der Waals surface area contributed by atoms with Crippen LogP contribution in [0.15, 0.2) is 18.2 Å². The van der Waals surface area contributed by atoms with E-state index in [2.05, 4.69) is 22.6 Å². The fourth-order valence-corrected chi connectivity index (χ4v) is 3.65. The zero-order chi connectivity index (χ0) is 12.5. The summed E-state index contributed by atoms with van der Waals surface area (Å²) in [5, 5.41) is 0.705. The lowest BCUT2D eigenvalue weighted by Crippen LogP contribution is -2.44. The fraction of sp³-hybridized carbons (Fsp3) is 0.462. The molecule has 0 atom stereocenters. The van der Waals surface area contributed by atoms with Gasteiger partial charge in [0.25, 0.3) is 0 Å². The number of esters is 1. The van der Waals surface area contributed by atoms with Gasteiger partial charge in [-0.15, -0.1) is 0 Å². The van der Waals surface area contributed by atoms with Crippen LogP contribution < -0.4 is 0 Å². The average Bonchev–Trinajstić information content (AvgIpc) is 2.20. The van der Waals surface area contributed by atoms with E-state index in [0.717, 1.165) is 28.4 Å². The topological polar surface area (TPSA) is 26.3 Å². The van der Waals surface area contributed by atoms with Crippen molar-refractivity contribution in [2.45, 2.75) is 31.6 Å². The molecule has 0 bridgehead atoms. The van der Waals surface area contributed by atoms with E-state index in [4.69, 9.17) is 16.3 Å². The van der Waals surface area contributed by atoms with Gasteiger partial charge in [-0.2, -0.15) is 0 Å². The van der Waals surface area contributed by atoms with Crippen LogP contribution in [0.2, 0.25) is 5.02 Å². The van der Waals surface area contributed by atoms with Crippen molar-refractivity contribution >= 4 is 40.2 Å². The summed E-state index contributed by atoms with van der Waals surface area (Å²) in [6.45, 7) is 2.28. The highest BCUT2D eigenvalue weighted by atomic mass is 127. The highest BCUT2D eigenvalue weighted by Crippen LogP contribution is 2.46. The second-order valence-electron chi connectivity index (χ2n) is 4.28. The smallest absolute Gasteiger partial charge is 0.316 e. The summed E-state index contributed by atoms with van der Waals surface area (Å²) in [6.07, 6.45) is 2.84. The highest BCUT2D eigenvalue weighted by molar-refractivity contribution is 14.1. The molecular formula is C13H14ClIO2. The first-order valence-electron chi connectivity index (χ1n) is 5.73. The van der Waals surface area contributed by atoms with Gasteiger partial charge in [-0.25, -0.2) is 0 Å². The molecule has 0 aromatic heterocycles. The van der Waals surface area contributed by atoms with Crippen molar-refractivity contribution in [3.05, 3.63) is 32.4 Å². The molecule has 0 amide bonds. The molecule has 2 nitrogen and oxygen atoms in total. The fourth-order valence-electron chi connectivity index (χ4n) is 2.26. The Kier molecular flexibility index (Phi) is 3.98. The zero-order valence-corrected chi connectivity index (χ0v) is 12.5. The van der Waals surface area contributed by atoms with Gasteiger partial charge in [0.15, 0.2) is 0 Å². The molecule has 1 aliphatic carbocycles. The van der Waals surface area contributed by atoms with Crippen LogP contribution >= 0.6 is 34.2 Å². The van der Waals surface area contributed by atoms with E-state index in [1.807, 2.05) is 25.1 Å². The standard InChI is InChI=1S/C13H14ClIO2/c1-2-17-12(16)13(6-3-7-13)10-5-4-9(14)8-11(10)15/h4-5,8H,2-3,6-7H2,1H3. The second kappa shape index (κ2) is 5.14. The maximum absolute atomic E-state index is 12.1. The lowest BCUT2D eigenvalue weighted by molar-refractivity contribution is -0.154. The van der Waals surface area contributed by atoms with Gasteiger partial charge in [-0.3, -0.25) is 4.79 Å². The van der Waals surface area contributed by atoms with E-state index in [0.29, 0.717) is 11.6 Å². The Bertz CT molecular complexity index is 441. The van der Waals surface area contributed by atoms with E-state index >= 15 is 0 Å². The SMILES string of the molecule is CCOC(=O)C1(c2ccc(Cl)cc2I)CCC1. The molecule has 1 aliphatic rings. The van der Waals surface area contributed by atoms with Crippen molar-refractivity contribution in [2.24, 2.45) is 0 Å². The van der Waals surface area contributed by atoms with E-state index in [-0.39, 0.29) is 5.97 Å². The number of rotatable bonds is 3. The molecule has 1 saturated carbocycles. The molecular weight excluding hydrogens is 350 g/mol. The number of carbonyl (C=O) groups excluding carboxylic acids is 1. The van der Waals surface area contributed by atoms with Gasteiger partial charge in [0, 0.05) is 8.59 Å². The quantitative estimate of drug-likeness (QED) is 0.600. The van der Waals surface area contributed by atoms with Crippen molar-refractivity contribution in [1.82, 2.24) is 0 Å². The lowest BCUT2D eigenvalue weighted by atomic mass is 9.64. The molecule has 0 spiro atoms. The van der Waals surface area contributed by atoms with Crippen LogP contribution in [0.4, 0.5) is 0 Å². The third-order valence-corrected chi connectivity index (χ3v) is 4.45. The normalized spacial score (nSPS) is 17.4. The Balaban J connectivity index is 2.38. The molecule has 2 rings (SSSR count). The highest BCUT2D eigenvalue weighted by Gasteiger charge is 2.47. The van der Waals surface area contributed by atoms with E-state index < -0.39 is 5.41 Å². The van der Waals surface area contributed by atoms with Crippen molar-refractivity contribution in [3.8, 4) is 0 Å². The summed E-state index contributed by atoms with van der Waals surface area (Å²) in [7, 11) is 0. The van der Waals surface area contributed by atoms with Gasteiger partial charge in [0.1, 0.15) is 0 Å². The van der Waals surface area contributed by atoms with E-state index in [1.54, 1.807) is 0 Å². The van der Waals surface area contributed by atoms with Crippen LogP contribution in [0, 0.1) is 3.57 Å². The van der Waals surface area contributed by atoms with Crippen LogP contribution in [-0.4, -0.2) is 12.6 Å². The first-order chi connectivity index (χ1) is 8.10. The predicted molar refractivity (Wildman–Crippen MR) is 76.3 cm³/mol. The van der Waals surface area contributed by atoms with Gasteiger partial charge in [0.2, 0.25) is 0 Å². The molecule has 17 heavy (non-hydrogen) atoms. The predicted octanol–water partition coefficient (Wildman–Crippen LogP) is 3.93. The lowest BCUT2D eigenvalue weighted by Gasteiger charge is -2.40. The summed E-state index contributed by atoms with van der Waals surface area (Å²) in [5.41, 5.74) is 0.643. The first-order valence-corrected chi connectivity index (χ1v) is 7.18. The average molecular weight is 365 g/mol. The van der Waals surface area contributed by atoms with Crippen LogP contribution in [-0.2, 0) is 14.9 Å².